The number of para-hydroxylation sites is 1. The second-order valence-corrected chi connectivity index (χ2v) is 5.09. The van der Waals surface area contributed by atoms with Gasteiger partial charge in [0.25, 0.3) is 0 Å². The molecule has 0 spiro atoms. The molecule has 19 heavy (non-hydrogen) atoms. The first-order valence-electron chi connectivity index (χ1n) is 5.94. The predicted octanol–water partition coefficient (Wildman–Crippen LogP) is 3.72. The van der Waals surface area contributed by atoms with Gasteiger partial charge in [-0.05, 0) is 19.1 Å². The van der Waals surface area contributed by atoms with Gasteiger partial charge in [0.1, 0.15) is 10.8 Å². The number of anilines is 1. The molecule has 96 valence electrons. The SMILES string of the molecule is CNc1nc(Sc2ccoc2C)c2ccccc2n1. The maximum atomic E-state index is 5.33. The Morgan fingerprint density at radius 1 is 1.16 bits per heavy atom. The van der Waals surface area contributed by atoms with Crippen LogP contribution in [0.5, 0.6) is 0 Å². The Morgan fingerprint density at radius 2 is 2.00 bits per heavy atom. The lowest BCUT2D eigenvalue weighted by atomic mass is 10.2. The molecule has 0 bridgehead atoms. The molecule has 0 unspecified atom stereocenters. The molecule has 5 heteroatoms. The average molecular weight is 271 g/mol. The third-order valence-corrected chi connectivity index (χ3v) is 3.96. The summed E-state index contributed by atoms with van der Waals surface area (Å²) in [5.74, 6) is 1.53. The molecule has 1 aromatic carbocycles. The van der Waals surface area contributed by atoms with E-state index in [1.54, 1.807) is 18.0 Å². The highest BCUT2D eigenvalue weighted by atomic mass is 32.2. The summed E-state index contributed by atoms with van der Waals surface area (Å²) in [4.78, 5) is 10.1. The molecule has 3 rings (SSSR count). The highest BCUT2D eigenvalue weighted by molar-refractivity contribution is 7.99. The van der Waals surface area contributed by atoms with Crippen molar-refractivity contribution in [2.75, 3.05) is 12.4 Å². The Hall–Kier alpha value is -2.01. The van der Waals surface area contributed by atoms with Crippen molar-refractivity contribution < 1.29 is 4.42 Å². The lowest BCUT2D eigenvalue weighted by molar-refractivity contribution is 0.527. The summed E-state index contributed by atoms with van der Waals surface area (Å²) in [6.45, 7) is 1.95. The average Bonchev–Trinajstić information content (AvgIpc) is 2.84. The maximum absolute atomic E-state index is 5.33. The van der Waals surface area contributed by atoms with Crippen LogP contribution in [0.25, 0.3) is 10.9 Å². The van der Waals surface area contributed by atoms with Crippen LogP contribution in [0.2, 0.25) is 0 Å². The normalized spacial score (nSPS) is 10.8. The third kappa shape index (κ3) is 2.29. The topological polar surface area (TPSA) is 51.0 Å². The van der Waals surface area contributed by atoms with Crippen LogP contribution in [-0.2, 0) is 0 Å². The molecule has 0 aliphatic carbocycles. The Morgan fingerprint density at radius 3 is 2.74 bits per heavy atom. The van der Waals surface area contributed by atoms with Crippen molar-refractivity contribution >= 4 is 28.6 Å². The quantitative estimate of drug-likeness (QED) is 0.736. The summed E-state index contributed by atoms with van der Waals surface area (Å²) in [5, 5.41) is 4.97. The molecule has 0 amide bonds. The maximum Gasteiger partial charge on any atom is 0.224 e. The molecule has 0 atom stereocenters. The van der Waals surface area contributed by atoms with E-state index in [0.717, 1.165) is 26.6 Å². The van der Waals surface area contributed by atoms with Gasteiger partial charge < -0.3 is 9.73 Å². The Kier molecular flexibility index (Phi) is 3.13. The molecule has 0 aliphatic heterocycles. The number of hydrogen-bond donors (Lipinski definition) is 1. The second-order valence-electron chi connectivity index (χ2n) is 4.06. The molecular weight excluding hydrogens is 258 g/mol. The van der Waals surface area contributed by atoms with E-state index in [2.05, 4.69) is 15.3 Å². The number of aromatic nitrogens is 2. The number of nitrogens with zero attached hydrogens (tertiary/aromatic N) is 2. The number of nitrogens with one attached hydrogen (secondary N) is 1. The molecule has 0 saturated heterocycles. The Bertz CT molecular complexity index is 724. The summed E-state index contributed by atoms with van der Waals surface area (Å²) in [5.41, 5.74) is 0.936. The molecule has 1 N–H and O–H groups in total. The van der Waals surface area contributed by atoms with Crippen LogP contribution in [-0.4, -0.2) is 17.0 Å². The van der Waals surface area contributed by atoms with Crippen molar-refractivity contribution in [2.24, 2.45) is 0 Å². The number of hydrogen-bond acceptors (Lipinski definition) is 5. The van der Waals surface area contributed by atoms with E-state index >= 15 is 0 Å². The predicted molar refractivity (Wildman–Crippen MR) is 76.7 cm³/mol. The summed E-state index contributed by atoms with van der Waals surface area (Å²) in [7, 11) is 1.82. The van der Waals surface area contributed by atoms with E-state index in [9.17, 15) is 0 Å². The lowest BCUT2D eigenvalue weighted by Crippen LogP contribution is -1.98. The number of fused-ring (bicyclic) bond motifs is 1. The van der Waals surface area contributed by atoms with E-state index in [1.807, 2.05) is 44.3 Å². The zero-order chi connectivity index (χ0) is 13.2. The molecule has 0 saturated carbocycles. The van der Waals surface area contributed by atoms with E-state index < -0.39 is 0 Å². The molecule has 0 radical (unpaired) electrons. The molecule has 3 aromatic rings. The molecule has 2 aromatic heterocycles. The summed E-state index contributed by atoms with van der Waals surface area (Å²) in [6.07, 6.45) is 1.69. The fourth-order valence-corrected chi connectivity index (χ4v) is 2.76. The first-order valence-corrected chi connectivity index (χ1v) is 6.76. The zero-order valence-electron chi connectivity index (χ0n) is 10.7. The van der Waals surface area contributed by atoms with Crippen LogP contribution in [0.15, 0.2) is 50.9 Å². The largest absolute Gasteiger partial charge is 0.468 e. The second kappa shape index (κ2) is 4.93. The van der Waals surface area contributed by atoms with Gasteiger partial charge in [0, 0.05) is 12.4 Å². The van der Waals surface area contributed by atoms with Crippen molar-refractivity contribution in [3.8, 4) is 0 Å². The minimum atomic E-state index is 0.627. The molecule has 0 fully saturated rings. The first kappa shape index (κ1) is 12.0. The van der Waals surface area contributed by atoms with Crippen LogP contribution in [0.1, 0.15) is 5.76 Å². The summed E-state index contributed by atoms with van der Waals surface area (Å²) < 4.78 is 5.33. The number of rotatable bonds is 3. The van der Waals surface area contributed by atoms with Crippen molar-refractivity contribution in [1.82, 2.24) is 9.97 Å². The van der Waals surface area contributed by atoms with E-state index in [0.29, 0.717) is 5.95 Å². The van der Waals surface area contributed by atoms with Gasteiger partial charge in [0.2, 0.25) is 5.95 Å². The minimum Gasteiger partial charge on any atom is -0.468 e. The third-order valence-electron chi connectivity index (χ3n) is 2.81. The number of benzene rings is 1. The fraction of sp³-hybridized carbons (Fsp3) is 0.143. The van der Waals surface area contributed by atoms with Gasteiger partial charge >= 0.3 is 0 Å². The molecular formula is C14H13N3OS. The smallest absolute Gasteiger partial charge is 0.224 e. The molecule has 4 nitrogen and oxygen atoms in total. The van der Waals surface area contributed by atoms with Crippen LogP contribution in [0, 0.1) is 6.92 Å². The van der Waals surface area contributed by atoms with Crippen LogP contribution >= 0.6 is 11.8 Å². The van der Waals surface area contributed by atoms with Crippen molar-refractivity contribution in [2.45, 2.75) is 16.8 Å². The van der Waals surface area contributed by atoms with Crippen molar-refractivity contribution in [3.63, 3.8) is 0 Å². The van der Waals surface area contributed by atoms with Crippen LogP contribution in [0.4, 0.5) is 5.95 Å². The van der Waals surface area contributed by atoms with E-state index in [-0.39, 0.29) is 0 Å². The van der Waals surface area contributed by atoms with Gasteiger partial charge in [-0.25, -0.2) is 9.97 Å². The van der Waals surface area contributed by atoms with Gasteiger partial charge in [0.15, 0.2) is 0 Å². The minimum absolute atomic E-state index is 0.627. The van der Waals surface area contributed by atoms with Crippen molar-refractivity contribution in [1.29, 1.82) is 0 Å². The van der Waals surface area contributed by atoms with Gasteiger partial charge in [-0.1, -0.05) is 30.0 Å². The number of aryl methyl sites for hydroxylation is 1. The lowest BCUT2D eigenvalue weighted by Gasteiger charge is -2.07. The number of furan rings is 1. The van der Waals surface area contributed by atoms with Gasteiger partial charge in [-0.15, -0.1) is 0 Å². The van der Waals surface area contributed by atoms with Gasteiger partial charge in [-0.3, -0.25) is 0 Å². The standard InChI is InChI=1S/C14H13N3OS/c1-9-12(7-8-18-9)19-13-10-5-3-4-6-11(10)16-14(15-2)17-13/h3-8H,1-2H3,(H,15,16,17). The fourth-order valence-electron chi connectivity index (χ4n) is 1.82. The van der Waals surface area contributed by atoms with E-state index in [1.165, 1.54) is 0 Å². The Labute approximate surface area is 115 Å². The van der Waals surface area contributed by atoms with Crippen molar-refractivity contribution in [3.05, 3.63) is 42.4 Å². The zero-order valence-corrected chi connectivity index (χ0v) is 11.5. The first-order chi connectivity index (χ1) is 9.28. The summed E-state index contributed by atoms with van der Waals surface area (Å²) in [6, 6.07) is 9.95. The van der Waals surface area contributed by atoms with E-state index in [4.69, 9.17) is 4.42 Å². The highest BCUT2D eigenvalue weighted by Crippen LogP contribution is 2.34. The van der Waals surface area contributed by atoms with Crippen LogP contribution < -0.4 is 5.32 Å². The summed E-state index contributed by atoms with van der Waals surface area (Å²) >= 11 is 1.60. The Balaban J connectivity index is 2.13. The molecule has 0 aliphatic rings. The monoisotopic (exact) mass is 271 g/mol. The molecule has 2 heterocycles. The van der Waals surface area contributed by atoms with Gasteiger partial charge in [-0.2, -0.15) is 0 Å². The highest BCUT2D eigenvalue weighted by Gasteiger charge is 2.10. The van der Waals surface area contributed by atoms with Crippen LogP contribution in [0.3, 0.4) is 0 Å². The van der Waals surface area contributed by atoms with Gasteiger partial charge in [0.05, 0.1) is 16.7 Å².